The van der Waals surface area contributed by atoms with E-state index in [0.29, 0.717) is 0 Å². The predicted octanol–water partition coefficient (Wildman–Crippen LogP) is 7.12. The molecule has 0 aliphatic carbocycles. The van der Waals surface area contributed by atoms with Gasteiger partial charge < -0.3 is 0 Å². The summed E-state index contributed by atoms with van der Waals surface area (Å²) < 4.78 is 0. The average Bonchev–Trinajstić information content (AvgIpc) is 2.63. The highest BCUT2D eigenvalue weighted by molar-refractivity contribution is 6.00. The second kappa shape index (κ2) is 10.8. The van der Waals surface area contributed by atoms with Crippen LogP contribution in [0.4, 0.5) is 5.69 Å². The number of hydrogen-bond donors (Lipinski definition) is 0. The van der Waals surface area contributed by atoms with E-state index >= 15 is 0 Å². The molecule has 0 spiro atoms. The summed E-state index contributed by atoms with van der Waals surface area (Å²) in [4.78, 5) is 4.73. The third-order valence-corrected chi connectivity index (χ3v) is 4.49. The number of aliphatic imine (C=N–C) groups is 1. The van der Waals surface area contributed by atoms with Crippen LogP contribution in [0.5, 0.6) is 0 Å². The van der Waals surface area contributed by atoms with Crippen molar-refractivity contribution in [2.24, 2.45) is 4.99 Å². The van der Waals surface area contributed by atoms with Crippen molar-refractivity contribution in [1.82, 2.24) is 0 Å². The molecule has 24 heavy (non-hydrogen) atoms. The first-order chi connectivity index (χ1) is 11.8. The van der Waals surface area contributed by atoms with E-state index in [1.165, 1.54) is 62.5 Å². The molecule has 2 rings (SSSR count). The molecule has 1 heteroatoms. The van der Waals surface area contributed by atoms with Gasteiger partial charge in [0.15, 0.2) is 0 Å². The van der Waals surface area contributed by atoms with Gasteiger partial charge in [0.05, 0.1) is 5.69 Å². The molecule has 0 radical (unpaired) electrons. The fraction of sp³-hybridized carbons (Fsp3) is 0.435. The van der Waals surface area contributed by atoms with Gasteiger partial charge >= 0.3 is 0 Å². The summed E-state index contributed by atoms with van der Waals surface area (Å²) >= 11 is 0. The normalized spacial score (nSPS) is 11.7. The van der Waals surface area contributed by atoms with Crippen molar-refractivity contribution in [1.29, 1.82) is 0 Å². The Kier molecular flexibility index (Phi) is 8.31. The number of unbranched alkanes of at least 4 members (excludes halogenated alkanes) is 6. The number of nitrogens with zero attached hydrogens (tertiary/aromatic N) is 1. The molecule has 0 saturated carbocycles. The molecule has 0 saturated heterocycles. The first-order valence-corrected chi connectivity index (χ1v) is 9.49. The van der Waals surface area contributed by atoms with E-state index in [1.807, 2.05) is 6.07 Å². The van der Waals surface area contributed by atoms with Crippen LogP contribution in [0.25, 0.3) is 0 Å². The highest BCUT2D eigenvalue weighted by atomic mass is 14.7. The maximum absolute atomic E-state index is 4.73. The fourth-order valence-electron chi connectivity index (χ4n) is 2.96. The second-order valence-electron chi connectivity index (χ2n) is 6.60. The van der Waals surface area contributed by atoms with E-state index in [1.54, 1.807) is 0 Å². The molecule has 0 heterocycles. The van der Waals surface area contributed by atoms with E-state index in [-0.39, 0.29) is 0 Å². The molecule has 0 amide bonds. The lowest BCUT2D eigenvalue weighted by atomic mass is 10.0. The molecule has 0 aromatic heterocycles. The van der Waals surface area contributed by atoms with Crippen LogP contribution >= 0.6 is 0 Å². The molecule has 0 aliphatic rings. The lowest BCUT2D eigenvalue weighted by Gasteiger charge is -2.04. The third kappa shape index (κ3) is 6.70. The Morgan fingerprint density at radius 3 is 2.04 bits per heavy atom. The van der Waals surface area contributed by atoms with Crippen LogP contribution in [0.15, 0.2) is 59.6 Å². The number of aryl methyl sites for hydroxylation is 1. The van der Waals surface area contributed by atoms with Crippen molar-refractivity contribution in [2.75, 3.05) is 0 Å². The van der Waals surface area contributed by atoms with E-state index in [0.717, 1.165) is 11.4 Å². The van der Waals surface area contributed by atoms with Crippen LogP contribution in [-0.4, -0.2) is 5.71 Å². The Morgan fingerprint density at radius 1 is 0.750 bits per heavy atom. The van der Waals surface area contributed by atoms with Crippen LogP contribution in [0.1, 0.15) is 69.9 Å². The summed E-state index contributed by atoms with van der Waals surface area (Å²) in [6.07, 6.45) is 10.8. The zero-order chi connectivity index (χ0) is 17.0. The molecule has 0 bridgehead atoms. The summed E-state index contributed by atoms with van der Waals surface area (Å²) in [6.45, 7) is 4.34. The average molecular weight is 322 g/mol. The largest absolute Gasteiger partial charge is 0.253 e. The number of hydrogen-bond acceptors (Lipinski definition) is 1. The predicted molar refractivity (Wildman–Crippen MR) is 106 cm³/mol. The Morgan fingerprint density at radius 2 is 1.38 bits per heavy atom. The summed E-state index contributed by atoms with van der Waals surface area (Å²) in [5.74, 6) is 0. The quantitative estimate of drug-likeness (QED) is 0.326. The van der Waals surface area contributed by atoms with E-state index in [2.05, 4.69) is 62.4 Å². The summed E-state index contributed by atoms with van der Waals surface area (Å²) in [5.41, 5.74) is 4.72. The zero-order valence-electron chi connectivity index (χ0n) is 15.3. The van der Waals surface area contributed by atoms with Crippen molar-refractivity contribution >= 4 is 11.4 Å². The zero-order valence-corrected chi connectivity index (χ0v) is 15.3. The monoisotopic (exact) mass is 321 g/mol. The topological polar surface area (TPSA) is 12.4 Å². The third-order valence-electron chi connectivity index (χ3n) is 4.49. The van der Waals surface area contributed by atoms with Crippen molar-refractivity contribution in [3.8, 4) is 0 Å². The van der Waals surface area contributed by atoms with E-state index in [4.69, 9.17) is 4.99 Å². The molecule has 0 N–H and O–H groups in total. The molecule has 0 fully saturated rings. The Balaban J connectivity index is 1.76. The minimum atomic E-state index is 1.04. The van der Waals surface area contributed by atoms with Gasteiger partial charge in [-0.05, 0) is 43.0 Å². The van der Waals surface area contributed by atoms with Crippen LogP contribution in [0, 0.1) is 0 Å². The number of rotatable bonds is 10. The van der Waals surface area contributed by atoms with E-state index in [9.17, 15) is 0 Å². The minimum Gasteiger partial charge on any atom is -0.253 e. The molecule has 0 aliphatic heterocycles. The molecular formula is C23H31N. The number of benzene rings is 2. The van der Waals surface area contributed by atoms with Crippen LogP contribution in [0.3, 0.4) is 0 Å². The van der Waals surface area contributed by atoms with Crippen molar-refractivity contribution < 1.29 is 0 Å². The molecule has 1 nitrogen and oxygen atoms in total. The molecule has 0 unspecified atom stereocenters. The molecule has 2 aromatic carbocycles. The van der Waals surface area contributed by atoms with Gasteiger partial charge in [0.1, 0.15) is 0 Å². The van der Waals surface area contributed by atoms with Gasteiger partial charge in [0.25, 0.3) is 0 Å². The van der Waals surface area contributed by atoms with Crippen LogP contribution in [0.2, 0.25) is 0 Å². The van der Waals surface area contributed by atoms with Crippen molar-refractivity contribution in [3.05, 3.63) is 65.7 Å². The van der Waals surface area contributed by atoms with Crippen molar-refractivity contribution in [3.63, 3.8) is 0 Å². The first kappa shape index (κ1) is 18.4. The summed E-state index contributed by atoms with van der Waals surface area (Å²) in [7, 11) is 0. The Hall–Kier alpha value is -1.89. The summed E-state index contributed by atoms with van der Waals surface area (Å²) in [6, 6.07) is 19.1. The van der Waals surface area contributed by atoms with Gasteiger partial charge in [0, 0.05) is 5.71 Å². The SMILES string of the molecule is CCCCCCCCCc1ccc(N=C(C)c2ccccc2)cc1. The maximum Gasteiger partial charge on any atom is 0.0633 e. The lowest BCUT2D eigenvalue weighted by Crippen LogP contribution is -1.92. The molecule has 128 valence electrons. The standard InChI is InChI=1S/C23H31N/c1-3-4-5-6-7-8-10-13-21-16-18-23(19-17-21)24-20(2)22-14-11-9-12-15-22/h9,11-12,14-19H,3-8,10,13H2,1-2H3. The highest BCUT2D eigenvalue weighted by Gasteiger charge is 1.98. The smallest absolute Gasteiger partial charge is 0.0633 e. The van der Waals surface area contributed by atoms with Gasteiger partial charge in [-0.25, -0.2) is 0 Å². The molecule has 0 atom stereocenters. The lowest BCUT2D eigenvalue weighted by molar-refractivity contribution is 0.589. The van der Waals surface area contributed by atoms with Crippen LogP contribution < -0.4 is 0 Å². The molecule has 2 aromatic rings. The van der Waals surface area contributed by atoms with Gasteiger partial charge in [-0.1, -0.05) is 87.9 Å². The highest BCUT2D eigenvalue weighted by Crippen LogP contribution is 2.17. The first-order valence-electron chi connectivity index (χ1n) is 9.49. The minimum absolute atomic E-state index is 1.04. The van der Waals surface area contributed by atoms with E-state index < -0.39 is 0 Å². The van der Waals surface area contributed by atoms with Gasteiger partial charge in [-0.3, -0.25) is 4.99 Å². The van der Waals surface area contributed by atoms with Crippen molar-refractivity contribution in [2.45, 2.75) is 65.2 Å². The maximum atomic E-state index is 4.73. The molecular weight excluding hydrogens is 290 g/mol. The Bertz CT molecular complexity index is 596. The van der Waals surface area contributed by atoms with Gasteiger partial charge in [-0.2, -0.15) is 0 Å². The second-order valence-corrected chi connectivity index (χ2v) is 6.60. The van der Waals surface area contributed by atoms with Crippen LogP contribution in [-0.2, 0) is 6.42 Å². The fourth-order valence-corrected chi connectivity index (χ4v) is 2.96. The van der Waals surface area contributed by atoms with Gasteiger partial charge in [0.2, 0.25) is 0 Å². The Labute approximate surface area is 147 Å². The summed E-state index contributed by atoms with van der Waals surface area (Å²) in [5, 5.41) is 0. The van der Waals surface area contributed by atoms with Gasteiger partial charge in [-0.15, -0.1) is 0 Å².